The van der Waals surface area contributed by atoms with Crippen LogP contribution in [0, 0.1) is 5.92 Å². The number of hydrogen-bond donors (Lipinski definition) is 2. The summed E-state index contributed by atoms with van der Waals surface area (Å²) in [6, 6.07) is 7.98. The third-order valence-corrected chi connectivity index (χ3v) is 3.06. The summed E-state index contributed by atoms with van der Waals surface area (Å²) in [7, 11) is 0. The molecule has 2 rings (SSSR count). The van der Waals surface area contributed by atoms with Crippen molar-refractivity contribution in [1.82, 2.24) is 5.32 Å². The molecule has 1 aromatic carbocycles. The molecule has 1 saturated carbocycles. The van der Waals surface area contributed by atoms with E-state index in [0.717, 1.165) is 44.3 Å². The van der Waals surface area contributed by atoms with Crippen molar-refractivity contribution in [2.75, 3.05) is 25.5 Å². The van der Waals surface area contributed by atoms with E-state index in [1.807, 2.05) is 18.2 Å². The number of nitrogen functional groups attached to an aromatic ring is 1. The van der Waals surface area contributed by atoms with E-state index in [2.05, 4.69) is 11.4 Å². The number of nitrogens with two attached hydrogens (primary N) is 1. The molecule has 3 heteroatoms. The second kappa shape index (κ2) is 6.62. The molecule has 1 fully saturated rings. The Kier molecular flexibility index (Phi) is 4.83. The second-order valence-electron chi connectivity index (χ2n) is 4.75. The van der Waals surface area contributed by atoms with Crippen LogP contribution in [0.3, 0.4) is 0 Å². The van der Waals surface area contributed by atoms with Crippen LogP contribution >= 0.6 is 0 Å². The molecule has 0 unspecified atom stereocenters. The summed E-state index contributed by atoms with van der Waals surface area (Å²) in [5, 5.41) is 3.39. The molecule has 1 aliphatic rings. The first kappa shape index (κ1) is 12.4. The predicted octanol–water partition coefficient (Wildman–Crippen LogP) is 2.18. The normalized spacial score (nSPS) is 15.1. The number of para-hydroxylation sites is 1. The number of anilines is 1. The fraction of sp³-hybridized carbons (Fsp3) is 0.571. The Balaban J connectivity index is 1.49. The first-order valence-electron chi connectivity index (χ1n) is 6.48. The summed E-state index contributed by atoms with van der Waals surface area (Å²) in [4.78, 5) is 0. The van der Waals surface area contributed by atoms with E-state index in [0.29, 0.717) is 0 Å². The zero-order valence-electron chi connectivity index (χ0n) is 10.3. The van der Waals surface area contributed by atoms with E-state index in [1.165, 1.54) is 18.4 Å². The van der Waals surface area contributed by atoms with Crippen molar-refractivity contribution < 1.29 is 4.74 Å². The van der Waals surface area contributed by atoms with Gasteiger partial charge < -0.3 is 15.8 Å². The van der Waals surface area contributed by atoms with Gasteiger partial charge in [0.25, 0.3) is 0 Å². The molecule has 0 spiro atoms. The molecule has 17 heavy (non-hydrogen) atoms. The average molecular weight is 234 g/mol. The van der Waals surface area contributed by atoms with Crippen LogP contribution < -0.4 is 11.1 Å². The van der Waals surface area contributed by atoms with Gasteiger partial charge in [-0.3, -0.25) is 0 Å². The molecule has 1 aromatic rings. The molecule has 3 nitrogen and oxygen atoms in total. The number of ether oxygens (including phenoxy) is 1. The third-order valence-electron chi connectivity index (χ3n) is 3.06. The first-order valence-corrected chi connectivity index (χ1v) is 6.48. The monoisotopic (exact) mass is 234 g/mol. The van der Waals surface area contributed by atoms with Gasteiger partial charge >= 0.3 is 0 Å². The zero-order valence-corrected chi connectivity index (χ0v) is 10.3. The van der Waals surface area contributed by atoms with E-state index in [9.17, 15) is 0 Å². The topological polar surface area (TPSA) is 47.3 Å². The second-order valence-corrected chi connectivity index (χ2v) is 4.75. The van der Waals surface area contributed by atoms with E-state index in [1.54, 1.807) is 0 Å². The molecule has 0 heterocycles. The minimum Gasteiger partial charge on any atom is -0.398 e. The van der Waals surface area contributed by atoms with Crippen LogP contribution in [0.15, 0.2) is 24.3 Å². The van der Waals surface area contributed by atoms with Crippen LogP contribution in [-0.2, 0) is 11.3 Å². The third kappa shape index (κ3) is 4.75. The van der Waals surface area contributed by atoms with E-state index < -0.39 is 0 Å². The van der Waals surface area contributed by atoms with E-state index in [4.69, 9.17) is 10.5 Å². The molecule has 0 atom stereocenters. The van der Waals surface area contributed by atoms with Crippen molar-refractivity contribution in [2.24, 2.45) is 5.92 Å². The lowest BCUT2D eigenvalue weighted by atomic mass is 10.2. The number of hydrogen-bond acceptors (Lipinski definition) is 3. The summed E-state index contributed by atoms with van der Waals surface area (Å²) in [6.45, 7) is 3.66. The quantitative estimate of drug-likeness (QED) is 0.535. The standard InChI is InChI=1S/C14H22N2O/c15-14-5-2-1-4-13(14)10-16-8-3-9-17-11-12-6-7-12/h1-2,4-5,12,16H,3,6-11,15H2. The highest BCUT2D eigenvalue weighted by molar-refractivity contribution is 5.46. The van der Waals surface area contributed by atoms with Crippen LogP contribution in [0.25, 0.3) is 0 Å². The Morgan fingerprint density at radius 1 is 1.29 bits per heavy atom. The summed E-state index contributed by atoms with van der Waals surface area (Å²) >= 11 is 0. The SMILES string of the molecule is Nc1ccccc1CNCCCOCC1CC1. The highest BCUT2D eigenvalue weighted by atomic mass is 16.5. The first-order chi connectivity index (χ1) is 8.36. The van der Waals surface area contributed by atoms with Crippen LogP contribution in [0.5, 0.6) is 0 Å². The van der Waals surface area contributed by atoms with Gasteiger partial charge in [-0.1, -0.05) is 18.2 Å². The van der Waals surface area contributed by atoms with Crippen molar-refractivity contribution >= 4 is 5.69 Å². The Morgan fingerprint density at radius 3 is 2.88 bits per heavy atom. The molecule has 0 saturated heterocycles. The van der Waals surface area contributed by atoms with Crippen molar-refractivity contribution in [3.8, 4) is 0 Å². The van der Waals surface area contributed by atoms with Gasteiger partial charge in [-0.25, -0.2) is 0 Å². The summed E-state index contributed by atoms with van der Waals surface area (Å²) in [5.41, 5.74) is 7.90. The number of nitrogens with one attached hydrogen (secondary N) is 1. The minimum absolute atomic E-state index is 0.843. The van der Waals surface area contributed by atoms with Crippen molar-refractivity contribution in [3.05, 3.63) is 29.8 Å². The predicted molar refractivity (Wildman–Crippen MR) is 70.7 cm³/mol. The number of rotatable bonds is 8. The van der Waals surface area contributed by atoms with Crippen molar-refractivity contribution in [1.29, 1.82) is 0 Å². The maximum atomic E-state index is 5.86. The van der Waals surface area contributed by atoms with Crippen LogP contribution in [0.1, 0.15) is 24.8 Å². The smallest absolute Gasteiger partial charge is 0.0494 e. The largest absolute Gasteiger partial charge is 0.398 e. The fourth-order valence-corrected chi connectivity index (χ4v) is 1.75. The minimum atomic E-state index is 0.843. The van der Waals surface area contributed by atoms with Gasteiger partial charge in [0.2, 0.25) is 0 Å². The molecule has 0 radical (unpaired) electrons. The van der Waals surface area contributed by atoms with Gasteiger partial charge in [-0.05, 0) is 43.4 Å². The molecular weight excluding hydrogens is 212 g/mol. The van der Waals surface area contributed by atoms with Gasteiger partial charge in [-0.2, -0.15) is 0 Å². The molecule has 1 aliphatic carbocycles. The Labute approximate surface area is 103 Å². The van der Waals surface area contributed by atoms with Crippen molar-refractivity contribution in [3.63, 3.8) is 0 Å². The summed E-state index contributed by atoms with van der Waals surface area (Å²) < 4.78 is 5.57. The van der Waals surface area contributed by atoms with Gasteiger partial charge in [0.15, 0.2) is 0 Å². The molecular formula is C14H22N2O. The van der Waals surface area contributed by atoms with Crippen molar-refractivity contribution in [2.45, 2.75) is 25.8 Å². The van der Waals surface area contributed by atoms with E-state index in [-0.39, 0.29) is 0 Å². The van der Waals surface area contributed by atoms with Crippen LogP contribution in [0.2, 0.25) is 0 Å². The summed E-state index contributed by atoms with van der Waals surface area (Å²) in [6.07, 6.45) is 3.80. The molecule has 0 bridgehead atoms. The Morgan fingerprint density at radius 2 is 2.12 bits per heavy atom. The lowest BCUT2D eigenvalue weighted by Crippen LogP contribution is -2.17. The average Bonchev–Trinajstić information content (AvgIpc) is 3.14. The van der Waals surface area contributed by atoms with Gasteiger partial charge in [0.1, 0.15) is 0 Å². The zero-order chi connectivity index (χ0) is 11.9. The highest BCUT2D eigenvalue weighted by Crippen LogP contribution is 2.28. The molecule has 94 valence electrons. The fourth-order valence-electron chi connectivity index (χ4n) is 1.75. The van der Waals surface area contributed by atoms with Crippen LogP contribution in [-0.4, -0.2) is 19.8 Å². The Bertz CT molecular complexity index is 337. The molecule has 0 aliphatic heterocycles. The number of benzene rings is 1. The lowest BCUT2D eigenvalue weighted by Gasteiger charge is -2.07. The molecule has 3 N–H and O–H groups in total. The lowest BCUT2D eigenvalue weighted by molar-refractivity contribution is 0.122. The summed E-state index contributed by atoms with van der Waals surface area (Å²) in [5.74, 6) is 0.868. The maximum absolute atomic E-state index is 5.86. The van der Waals surface area contributed by atoms with Gasteiger partial charge in [-0.15, -0.1) is 0 Å². The van der Waals surface area contributed by atoms with E-state index >= 15 is 0 Å². The molecule has 0 aromatic heterocycles. The molecule has 0 amide bonds. The maximum Gasteiger partial charge on any atom is 0.0494 e. The van der Waals surface area contributed by atoms with Gasteiger partial charge in [0.05, 0.1) is 0 Å². The van der Waals surface area contributed by atoms with Gasteiger partial charge in [0, 0.05) is 25.4 Å². The highest BCUT2D eigenvalue weighted by Gasteiger charge is 2.20. The Hall–Kier alpha value is -1.06. The van der Waals surface area contributed by atoms with Crippen LogP contribution in [0.4, 0.5) is 5.69 Å².